The van der Waals surface area contributed by atoms with E-state index in [1.54, 1.807) is 23.0 Å². The topological polar surface area (TPSA) is 66.5 Å². The van der Waals surface area contributed by atoms with Crippen molar-refractivity contribution in [3.05, 3.63) is 41.3 Å². The Hall–Kier alpha value is -2.35. The second-order valence-corrected chi connectivity index (χ2v) is 4.22. The molecule has 0 spiro atoms. The molecule has 2 aromatic heterocycles. The number of nitrogens with one attached hydrogen (secondary N) is 1. The van der Waals surface area contributed by atoms with Crippen molar-refractivity contribution in [2.24, 2.45) is 7.05 Å². The molecule has 0 aliphatic heterocycles. The van der Waals surface area contributed by atoms with Crippen LogP contribution >= 0.6 is 0 Å². The van der Waals surface area contributed by atoms with Gasteiger partial charge in [-0.1, -0.05) is 0 Å². The maximum atomic E-state index is 9.01. The van der Waals surface area contributed by atoms with E-state index in [0.29, 0.717) is 11.4 Å². The fourth-order valence-corrected chi connectivity index (χ4v) is 1.94. The van der Waals surface area contributed by atoms with Gasteiger partial charge in [0, 0.05) is 25.0 Å². The van der Waals surface area contributed by atoms with E-state index in [0.717, 1.165) is 11.3 Å². The summed E-state index contributed by atoms with van der Waals surface area (Å²) < 4.78 is 1.78. The molecule has 0 saturated carbocycles. The molecule has 0 aliphatic rings. The van der Waals surface area contributed by atoms with E-state index in [-0.39, 0.29) is 6.04 Å². The van der Waals surface area contributed by atoms with E-state index < -0.39 is 0 Å². The number of rotatable bonds is 3. The van der Waals surface area contributed by atoms with Gasteiger partial charge in [-0.05, 0) is 26.0 Å². The van der Waals surface area contributed by atoms with Gasteiger partial charge in [0.15, 0.2) is 0 Å². The molecular formula is C13H15N5. The van der Waals surface area contributed by atoms with Gasteiger partial charge >= 0.3 is 0 Å². The lowest BCUT2D eigenvalue weighted by atomic mass is 10.1. The van der Waals surface area contributed by atoms with Crippen molar-refractivity contribution in [3.8, 4) is 6.07 Å². The Kier molecular flexibility index (Phi) is 3.28. The first-order valence-corrected chi connectivity index (χ1v) is 5.73. The number of aromatic nitrogens is 3. The summed E-state index contributed by atoms with van der Waals surface area (Å²) in [6.07, 6.45) is 3.65. The summed E-state index contributed by atoms with van der Waals surface area (Å²) in [4.78, 5) is 4.19. The van der Waals surface area contributed by atoms with Gasteiger partial charge in [-0.2, -0.15) is 10.4 Å². The number of hydrogen-bond acceptors (Lipinski definition) is 4. The van der Waals surface area contributed by atoms with Crippen LogP contribution in [0.2, 0.25) is 0 Å². The first kappa shape index (κ1) is 12.1. The highest BCUT2D eigenvalue weighted by molar-refractivity contribution is 5.52. The summed E-state index contributed by atoms with van der Waals surface area (Å²) in [5, 5.41) is 16.6. The lowest BCUT2D eigenvalue weighted by Crippen LogP contribution is -2.09. The van der Waals surface area contributed by atoms with Gasteiger partial charge in [0.2, 0.25) is 0 Å². The number of pyridine rings is 1. The van der Waals surface area contributed by atoms with Crippen LogP contribution in [0, 0.1) is 18.3 Å². The van der Waals surface area contributed by atoms with Crippen LogP contribution in [0.1, 0.15) is 29.8 Å². The first-order valence-electron chi connectivity index (χ1n) is 5.73. The van der Waals surface area contributed by atoms with Gasteiger partial charge in [-0.25, -0.2) is 4.98 Å². The van der Waals surface area contributed by atoms with Crippen molar-refractivity contribution < 1.29 is 0 Å². The highest BCUT2D eigenvalue weighted by atomic mass is 15.3. The largest absolute Gasteiger partial charge is 0.362 e. The summed E-state index contributed by atoms with van der Waals surface area (Å²) >= 11 is 0. The standard InChI is InChI=1S/C13H15N5/c1-9(12-8-18(3)17-10(12)2)16-13-11(7-14)5-4-6-15-13/h4-6,8-9H,1-3H3,(H,15,16). The molecule has 0 radical (unpaired) electrons. The molecule has 0 saturated heterocycles. The maximum Gasteiger partial charge on any atom is 0.144 e. The van der Waals surface area contributed by atoms with Gasteiger partial charge in [0.05, 0.1) is 17.3 Å². The van der Waals surface area contributed by atoms with Crippen molar-refractivity contribution in [1.82, 2.24) is 14.8 Å². The molecule has 18 heavy (non-hydrogen) atoms. The fraction of sp³-hybridized carbons (Fsp3) is 0.308. The monoisotopic (exact) mass is 241 g/mol. The van der Waals surface area contributed by atoms with Crippen LogP contribution in [0.25, 0.3) is 0 Å². The highest BCUT2D eigenvalue weighted by Gasteiger charge is 2.13. The van der Waals surface area contributed by atoms with Gasteiger partial charge in [-0.3, -0.25) is 4.68 Å². The van der Waals surface area contributed by atoms with Crippen LogP contribution < -0.4 is 5.32 Å². The molecule has 5 heteroatoms. The number of aryl methyl sites for hydroxylation is 2. The SMILES string of the molecule is Cc1nn(C)cc1C(C)Nc1ncccc1C#N. The molecule has 0 aromatic carbocycles. The van der Waals surface area contributed by atoms with E-state index >= 15 is 0 Å². The average molecular weight is 241 g/mol. The Labute approximate surface area is 106 Å². The zero-order valence-corrected chi connectivity index (χ0v) is 10.7. The normalized spacial score (nSPS) is 11.9. The number of hydrogen-bond donors (Lipinski definition) is 1. The van der Waals surface area contributed by atoms with E-state index in [1.807, 2.05) is 27.1 Å². The fourth-order valence-electron chi connectivity index (χ4n) is 1.94. The lowest BCUT2D eigenvalue weighted by molar-refractivity contribution is 0.756. The minimum atomic E-state index is 0.0562. The maximum absolute atomic E-state index is 9.01. The third kappa shape index (κ3) is 2.33. The van der Waals surface area contributed by atoms with Crippen molar-refractivity contribution in [3.63, 3.8) is 0 Å². The minimum Gasteiger partial charge on any atom is -0.362 e. The van der Waals surface area contributed by atoms with Crippen LogP contribution in [0.5, 0.6) is 0 Å². The molecular weight excluding hydrogens is 226 g/mol. The predicted octanol–water partition coefficient (Wildman–Crippen LogP) is 2.17. The second-order valence-electron chi connectivity index (χ2n) is 4.22. The molecule has 2 heterocycles. The Morgan fingerprint density at radius 1 is 1.50 bits per heavy atom. The average Bonchev–Trinajstić information content (AvgIpc) is 2.69. The van der Waals surface area contributed by atoms with Crippen molar-refractivity contribution in [1.29, 1.82) is 5.26 Å². The zero-order chi connectivity index (χ0) is 13.1. The lowest BCUT2D eigenvalue weighted by Gasteiger charge is -2.14. The summed E-state index contributed by atoms with van der Waals surface area (Å²) in [6, 6.07) is 5.68. The molecule has 1 atom stereocenters. The molecule has 0 fully saturated rings. The molecule has 2 rings (SSSR count). The Bertz CT molecular complexity index is 594. The van der Waals surface area contributed by atoms with Crippen LogP contribution in [0.3, 0.4) is 0 Å². The summed E-state index contributed by atoms with van der Waals surface area (Å²) in [5.74, 6) is 0.607. The number of nitrogens with zero attached hydrogens (tertiary/aromatic N) is 4. The molecule has 1 unspecified atom stereocenters. The zero-order valence-electron chi connectivity index (χ0n) is 10.7. The minimum absolute atomic E-state index is 0.0562. The van der Waals surface area contributed by atoms with Crippen LogP contribution in [0.15, 0.2) is 24.5 Å². The first-order chi connectivity index (χ1) is 8.61. The van der Waals surface area contributed by atoms with E-state index in [4.69, 9.17) is 5.26 Å². The summed E-state index contributed by atoms with van der Waals surface area (Å²) in [7, 11) is 1.89. The molecule has 1 N–H and O–H groups in total. The van der Waals surface area contributed by atoms with Gasteiger partial charge in [0.25, 0.3) is 0 Å². The second kappa shape index (κ2) is 4.88. The molecule has 5 nitrogen and oxygen atoms in total. The predicted molar refractivity (Wildman–Crippen MR) is 68.9 cm³/mol. The van der Waals surface area contributed by atoms with Crippen LogP contribution in [-0.4, -0.2) is 14.8 Å². The van der Waals surface area contributed by atoms with Crippen LogP contribution in [0.4, 0.5) is 5.82 Å². The summed E-state index contributed by atoms with van der Waals surface area (Å²) in [6.45, 7) is 4.00. The molecule has 0 bridgehead atoms. The van der Waals surface area contributed by atoms with Gasteiger partial charge in [0.1, 0.15) is 11.9 Å². The smallest absolute Gasteiger partial charge is 0.144 e. The van der Waals surface area contributed by atoms with Gasteiger partial charge in [-0.15, -0.1) is 0 Å². The van der Waals surface area contributed by atoms with E-state index in [2.05, 4.69) is 21.5 Å². The molecule has 2 aromatic rings. The van der Waals surface area contributed by atoms with E-state index in [9.17, 15) is 0 Å². The Morgan fingerprint density at radius 2 is 2.28 bits per heavy atom. The molecule has 92 valence electrons. The third-order valence-electron chi connectivity index (χ3n) is 2.80. The van der Waals surface area contributed by atoms with E-state index in [1.165, 1.54) is 0 Å². The summed E-state index contributed by atoms with van der Waals surface area (Å²) in [5.41, 5.74) is 2.63. The van der Waals surface area contributed by atoms with Crippen molar-refractivity contribution >= 4 is 5.82 Å². The third-order valence-corrected chi connectivity index (χ3v) is 2.80. The molecule has 0 amide bonds. The number of nitriles is 1. The van der Waals surface area contributed by atoms with Crippen molar-refractivity contribution in [2.75, 3.05) is 5.32 Å². The Balaban J connectivity index is 2.24. The highest BCUT2D eigenvalue weighted by Crippen LogP contribution is 2.21. The van der Waals surface area contributed by atoms with Gasteiger partial charge < -0.3 is 5.32 Å². The molecule has 0 aliphatic carbocycles. The van der Waals surface area contributed by atoms with Crippen LogP contribution in [-0.2, 0) is 7.05 Å². The number of anilines is 1. The quantitative estimate of drug-likeness (QED) is 0.894. The van der Waals surface area contributed by atoms with Crippen molar-refractivity contribution in [2.45, 2.75) is 19.9 Å². The Morgan fingerprint density at radius 3 is 2.89 bits per heavy atom.